The van der Waals surface area contributed by atoms with Crippen LogP contribution in [-0.4, -0.2) is 25.8 Å². The van der Waals surface area contributed by atoms with E-state index in [1.54, 1.807) is 6.92 Å². The molecular weight excluding hydrogens is 218 g/mol. The van der Waals surface area contributed by atoms with Crippen LogP contribution in [0.15, 0.2) is 30.3 Å². The first-order valence-electron chi connectivity index (χ1n) is 5.68. The van der Waals surface area contributed by atoms with E-state index in [1.807, 2.05) is 37.3 Å². The minimum Gasteiger partial charge on any atom is -0.462 e. The average Bonchev–Trinajstić information content (AvgIpc) is 2.35. The third-order valence-electron chi connectivity index (χ3n) is 2.46. The number of hydrogen-bond donors (Lipinski definition) is 1. The Morgan fingerprint density at radius 3 is 2.53 bits per heavy atom. The maximum Gasteiger partial charge on any atom is 0.330 e. The maximum atomic E-state index is 11.8. The summed E-state index contributed by atoms with van der Waals surface area (Å²) in [6.45, 7) is 4.76. The topological polar surface area (TPSA) is 61.5 Å². The number of ether oxygens (including phenoxy) is 2. The van der Waals surface area contributed by atoms with Crippen molar-refractivity contribution in [3.05, 3.63) is 35.9 Å². The molecule has 94 valence electrons. The summed E-state index contributed by atoms with van der Waals surface area (Å²) in [5, 5.41) is 0. The highest BCUT2D eigenvalue weighted by molar-refractivity contribution is 5.81. The van der Waals surface area contributed by atoms with Crippen molar-refractivity contribution in [3.63, 3.8) is 0 Å². The van der Waals surface area contributed by atoms with Crippen molar-refractivity contribution in [3.8, 4) is 0 Å². The standard InChI is InChI=1S/C13H19NO3/c1-3-16-9-10-17-12(15)13(2,14)11-7-5-4-6-8-11/h4-8H,3,9-10,14H2,1-2H3. The van der Waals surface area contributed by atoms with Crippen LogP contribution >= 0.6 is 0 Å². The summed E-state index contributed by atoms with van der Waals surface area (Å²) >= 11 is 0. The minimum atomic E-state index is -1.12. The maximum absolute atomic E-state index is 11.8. The molecule has 0 spiro atoms. The molecule has 0 aliphatic rings. The zero-order valence-corrected chi connectivity index (χ0v) is 10.3. The summed E-state index contributed by atoms with van der Waals surface area (Å²) in [4.78, 5) is 11.8. The lowest BCUT2D eigenvalue weighted by molar-refractivity contribution is -0.151. The zero-order valence-electron chi connectivity index (χ0n) is 10.3. The van der Waals surface area contributed by atoms with Gasteiger partial charge in [0, 0.05) is 6.61 Å². The Bertz CT molecular complexity index is 349. The monoisotopic (exact) mass is 237 g/mol. The van der Waals surface area contributed by atoms with E-state index in [1.165, 1.54) is 0 Å². The lowest BCUT2D eigenvalue weighted by Crippen LogP contribution is -2.43. The average molecular weight is 237 g/mol. The molecule has 0 heterocycles. The van der Waals surface area contributed by atoms with Gasteiger partial charge in [0.1, 0.15) is 12.1 Å². The van der Waals surface area contributed by atoms with Crippen molar-refractivity contribution in [1.29, 1.82) is 0 Å². The normalized spacial score (nSPS) is 14.1. The number of esters is 1. The van der Waals surface area contributed by atoms with Gasteiger partial charge in [-0.1, -0.05) is 30.3 Å². The predicted molar refractivity (Wildman–Crippen MR) is 65.4 cm³/mol. The number of carbonyl (C=O) groups excluding carboxylic acids is 1. The second-order valence-corrected chi connectivity index (χ2v) is 3.90. The van der Waals surface area contributed by atoms with Crippen molar-refractivity contribution in [2.45, 2.75) is 19.4 Å². The lowest BCUT2D eigenvalue weighted by atomic mass is 9.93. The summed E-state index contributed by atoms with van der Waals surface area (Å²) in [5.41, 5.74) is 5.60. The second-order valence-electron chi connectivity index (χ2n) is 3.90. The summed E-state index contributed by atoms with van der Waals surface area (Å²) in [6, 6.07) is 9.18. The van der Waals surface area contributed by atoms with E-state index in [9.17, 15) is 4.79 Å². The van der Waals surface area contributed by atoms with Gasteiger partial charge in [0.25, 0.3) is 0 Å². The van der Waals surface area contributed by atoms with Gasteiger partial charge in [0.05, 0.1) is 6.61 Å². The number of hydrogen-bond acceptors (Lipinski definition) is 4. The van der Waals surface area contributed by atoms with E-state index < -0.39 is 11.5 Å². The van der Waals surface area contributed by atoms with Gasteiger partial charge >= 0.3 is 5.97 Å². The molecule has 0 radical (unpaired) electrons. The van der Waals surface area contributed by atoms with E-state index in [0.29, 0.717) is 13.2 Å². The van der Waals surface area contributed by atoms with Crippen LogP contribution in [0, 0.1) is 0 Å². The van der Waals surface area contributed by atoms with E-state index in [2.05, 4.69) is 0 Å². The first-order valence-corrected chi connectivity index (χ1v) is 5.68. The smallest absolute Gasteiger partial charge is 0.330 e. The van der Waals surface area contributed by atoms with Crippen molar-refractivity contribution >= 4 is 5.97 Å². The molecule has 1 aromatic carbocycles. The third kappa shape index (κ3) is 3.84. The van der Waals surface area contributed by atoms with E-state index in [-0.39, 0.29) is 6.61 Å². The van der Waals surface area contributed by atoms with E-state index >= 15 is 0 Å². The van der Waals surface area contributed by atoms with Gasteiger partial charge in [-0.15, -0.1) is 0 Å². The fourth-order valence-electron chi connectivity index (χ4n) is 1.39. The van der Waals surface area contributed by atoms with Crippen LogP contribution in [0.1, 0.15) is 19.4 Å². The van der Waals surface area contributed by atoms with Crippen molar-refractivity contribution in [1.82, 2.24) is 0 Å². The molecular formula is C13H19NO3. The highest BCUT2D eigenvalue weighted by Gasteiger charge is 2.31. The molecule has 0 saturated carbocycles. The Hall–Kier alpha value is -1.39. The van der Waals surface area contributed by atoms with Crippen LogP contribution < -0.4 is 5.73 Å². The van der Waals surface area contributed by atoms with Crippen LogP contribution in [0.3, 0.4) is 0 Å². The van der Waals surface area contributed by atoms with Gasteiger partial charge in [-0.2, -0.15) is 0 Å². The fourth-order valence-corrected chi connectivity index (χ4v) is 1.39. The summed E-state index contributed by atoms with van der Waals surface area (Å²) in [7, 11) is 0. The molecule has 1 unspecified atom stereocenters. The van der Waals surface area contributed by atoms with Gasteiger partial charge < -0.3 is 15.2 Å². The number of rotatable bonds is 6. The lowest BCUT2D eigenvalue weighted by Gasteiger charge is -2.22. The molecule has 4 heteroatoms. The fraction of sp³-hybridized carbons (Fsp3) is 0.462. The number of nitrogens with two attached hydrogens (primary N) is 1. The second kappa shape index (κ2) is 6.37. The summed E-state index contributed by atoms with van der Waals surface area (Å²) in [6.07, 6.45) is 0. The van der Waals surface area contributed by atoms with Crippen molar-refractivity contribution < 1.29 is 14.3 Å². The van der Waals surface area contributed by atoms with Crippen LogP contribution in [0.5, 0.6) is 0 Å². The highest BCUT2D eigenvalue weighted by atomic mass is 16.6. The van der Waals surface area contributed by atoms with Crippen LogP contribution in [-0.2, 0) is 19.8 Å². The Labute approximate surface area is 102 Å². The highest BCUT2D eigenvalue weighted by Crippen LogP contribution is 2.18. The molecule has 4 nitrogen and oxygen atoms in total. The van der Waals surface area contributed by atoms with Crippen LogP contribution in [0.2, 0.25) is 0 Å². The minimum absolute atomic E-state index is 0.228. The van der Waals surface area contributed by atoms with Crippen molar-refractivity contribution in [2.24, 2.45) is 5.73 Å². The number of carbonyl (C=O) groups is 1. The molecule has 0 aliphatic carbocycles. The SMILES string of the molecule is CCOCCOC(=O)C(C)(N)c1ccccc1. The summed E-state index contributed by atoms with van der Waals surface area (Å²) < 4.78 is 10.2. The van der Waals surface area contributed by atoms with Crippen LogP contribution in [0.25, 0.3) is 0 Å². The molecule has 0 bridgehead atoms. The first-order chi connectivity index (χ1) is 8.09. The quantitative estimate of drug-likeness (QED) is 0.600. The molecule has 0 amide bonds. The molecule has 0 saturated heterocycles. The van der Waals surface area contributed by atoms with Gasteiger partial charge in [0.2, 0.25) is 0 Å². The first kappa shape index (κ1) is 13.7. The Morgan fingerprint density at radius 1 is 1.29 bits per heavy atom. The molecule has 17 heavy (non-hydrogen) atoms. The Morgan fingerprint density at radius 2 is 1.94 bits per heavy atom. The number of benzene rings is 1. The molecule has 1 aromatic rings. The van der Waals surface area contributed by atoms with Crippen molar-refractivity contribution in [2.75, 3.05) is 19.8 Å². The molecule has 0 fully saturated rings. The zero-order chi connectivity index (χ0) is 12.7. The Balaban J connectivity index is 2.55. The molecule has 1 atom stereocenters. The molecule has 2 N–H and O–H groups in total. The summed E-state index contributed by atoms with van der Waals surface area (Å²) in [5.74, 6) is -0.441. The Kier molecular flexibility index (Phi) is 5.12. The van der Waals surface area contributed by atoms with E-state index in [0.717, 1.165) is 5.56 Å². The molecule has 1 rings (SSSR count). The van der Waals surface area contributed by atoms with E-state index in [4.69, 9.17) is 15.2 Å². The van der Waals surface area contributed by atoms with Gasteiger partial charge in [-0.3, -0.25) is 0 Å². The van der Waals surface area contributed by atoms with Gasteiger partial charge in [-0.05, 0) is 19.4 Å². The van der Waals surface area contributed by atoms with Crippen LogP contribution in [0.4, 0.5) is 0 Å². The molecule has 0 aromatic heterocycles. The third-order valence-corrected chi connectivity index (χ3v) is 2.46. The molecule has 0 aliphatic heterocycles. The van der Waals surface area contributed by atoms with Gasteiger partial charge in [-0.25, -0.2) is 4.79 Å². The van der Waals surface area contributed by atoms with Gasteiger partial charge in [0.15, 0.2) is 0 Å². The predicted octanol–water partition coefficient (Wildman–Crippen LogP) is 1.44. The largest absolute Gasteiger partial charge is 0.462 e.